The summed E-state index contributed by atoms with van der Waals surface area (Å²) in [6.07, 6.45) is 2.38. The number of fused-ring (bicyclic) bond motifs is 1. The smallest absolute Gasteiger partial charge is 0.317 e. The van der Waals surface area contributed by atoms with Crippen molar-refractivity contribution in [3.05, 3.63) is 34.9 Å². The molecule has 1 aromatic rings. The number of urea groups is 1. The van der Waals surface area contributed by atoms with Gasteiger partial charge < -0.3 is 20.6 Å². The molecular formula is C18H22ClN3O4. The molecular weight excluding hydrogens is 358 g/mol. The van der Waals surface area contributed by atoms with Gasteiger partial charge in [0.25, 0.3) is 5.91 Å². The molecule has 1 aliphatic carbocycles. The van der Waals surface area contributed by atoms with Crippen LogP contribution in [-0.2, 0) is 4.79 Å². The summed E-state index contributed by atoms with van der Waals surface area (Å²) in [5.41, 5.74) is -0.397. The van der Waals surface area contributed by atoms with E-state index in [0.29, 0.717) is 23.6 Å². The van der Waals surface area contributed by atoms with Crippen molar-refractivity contribution in [1.29, 1.82) is 0 Å². The summed E-state index contributed by atoms with van der Waals surface area (Å²) < 4.78 is 0. The minimum Gasteiger partial charge on any atom is -0.481 e. The highest BCUT2D eigenvalue weighted by atomic mass is 35.5. The SMILES string of the molecule is O=C(NCCNC(=O)N1C[C@@H]2CCC[C@@]2(C(=O)O)C1)c1ccccc1Cl. The van der Waals surface area contributed by atoms with Crippen molar-refractivity contribution in [2.45, 2.75) is 19.3 Å². The first-order chi connectivity index (χ1) is 12.4. The summed E-state index contributed by atoms with van der Waals surface area (Å²) in [5, 5.41) is 15.4. The van der Waals surface area contributed by atoms with Gasteiger partial charge >= 0.3 is 12.0 Å². The van der Waals surface area contributed by atoms with Gasteiger partial charge in [-0.1, -0.05) is 30.2 Å². The molecule has 0 unspecified atom stereocenters. The van der Waals surface area contributed by atoms with E-state index in [1.54, 1.807) is 29.2 Å². The van der Waals surface area contributed by atoms with Crippen molar-refractivity contribution in [1.82, 2.24) is 15.5 Å². The summed E-state index contributed by atoms with van der Waals surface area (Å²) >= 11 is 5.97. The number of nitrogens with zero attached hydrogens (tertiary/aromatic N) is 1. The molecule has 3 amide bonds. The number of carboxylic acids is 1. The zero-order valence-electron chi connectivity index (χ0n) is 14.3. The number of carboxylic acid groups (broad SMARTS) is 1. The number of carbonyl (C=O) groups excluding carboxylic acids is 2. The molecule has 7 nitrogen and oxygen atoms in total. The maximum atomic E-state index is 12.3. The molecule has 1 saturated carbocycles. The first-order valence-corrected chi connectivity index (χ1v) is 9.11. The average Bonchev–Trinajstić information content (AvgIpc) is 3.17. The summed E-state index contributed by atoms with van der Waals surface area (Å²) in [5.74, 6) is -1.07. The van der Waals surface area contributed by atoms with Crippen molar-refractivity contribution in [2.24, 2.45) is 11.3 Å². The van der Waals surface area contributed by atoms with Crippen LogP contribution in [0, 0.1) is 11.3 Å². The van der Waals surface area contributed by atoms with E-state index in [9.17, 15) is 19.5 Å². The molecule has 26 heavy (non-hydrogen) atoms. The molecule has 8 heteroatoms. The maximum absolute atomic E-state index is 12.3. The lowest BCUT2D eigenvalue weighted by atomic mass is 9.81. The average molecular weight is 380 g/mol. The van der Waals surface area contributed by atoms with Crippen molar-refractivity contribution in [3.63, 3.8) is 0 Å². The topological polar surface area (TPSA) is 98.7 Å². The lowest BCUT2D eigenvalue weighted by Gasteiger charge is -2.23. The van der Waals surface area contributed by atoms with Crippen LogP contribution in [0.4, 0.5) is 4.79 Å². The quantitative estimate of drug-likeness (QED) is 0.681. The third-order valence-electron chi connectivity index (χ3n) is 5.39. The Hall–Kier alpha value is -2.28. The van der Waals surface area contributed by atoms with Crippen molar-refractivity contribution < 1.29 is 19.5 Å². The van der Waals surface area contributed by atoms with Gasteiger partial charge in [0.2, 0.25) is 0 Å². The minimum atomic E-state index is -0.803. The zero-order valence-corrected chi connectivity index (χ0v) is 15.1. The second-order valence-electron chi connectivity index (χ2n) is 6.90. The molecule has 0 bridgehead atoms. The molecule has 2 fully saturated rings. The van der Waals surface area contributed by atoms with Crippen LogP contribution >= 0.6 is 11.6 Å². The predicted molar refractivity (Wildman–Crippen MR) is 96.2 cm³/mol. The molecule has 1 saturated heterocycles. The normalized spacial score (nSPS) is 24.2. The van der Waals surface area contributed by atoms with Gasteiger partial charge in [0.05, 0.1) is 16.0 Å². The number of carbonyl (C=O) groups is 3. The summed E-state index contributed by atoms with van der Waals surface area (Å²) in [6, 6.07) is 6.46. The third-order valence-corrected chi connectivity index (χ3v) is 5.72. The van der Waals surface area contributed by atoms with E-state index < -0.39 is 11.4 Å². The van der Waals surface area contributed by atoms with Gasteiger partial charge in [0.15, 0.2) is 0 Å². The number of hydrogen-bond acceptors (Lipinski definition) is 3. The second-order valence-corrected chi connectivity index (χ2v) is 7.31. The molecule has 2 atom stereocenters. The molecule has 2 aliphatic rings. The lowest BCUT2D eigenvalue weighted by molar-refractivity contribution is -0.149. The number of hydrogen-bond donors (Lipinski definition) is 3. The van der Waals surface area contributed by atoms with Crippen molar-refractivity contribution in [3.8, 4) is 0 Å². The number of nitrogens with one attached hydrogen (secondary N) is 2. The summed E-state index contributed by atoms with van der Waals surface area (Å²) in [4.78, 5) is 37.6. The highest BCUT2D eigenvalue weighted by Crippen LogP contribution is 2.48. The molecule has 1 heterocycles. The van der Waals surface area contributed by atoms with Crippen LogP contribution in [0.25, 0.3) is 0 Å². The van der Waals surface area contributed by atoms with E-state index in [2.05, 4.69) is 10.6 Å². The Morgan fingerprint density at radius 3 is 2.65 bits per heavy atom. The number of amides is 3. The van der Waals surface area contributed by atoms with Crippen LogP contribution < -0.4 is 10.6 Å². The molecule has 140 valence electrons. The Bertz CT molecular complexity index is 726. The Morgan fingerprint density at radius 1 is 1.23 bits per heavy atom. The van der Waals surface area contributed by atoms with Gasteiger partial charge in [0, 0.05) is 26.2 Å². The van der Waals surface area contributed by atoms with Crippen LogP contribution in [0.3, 0.4) is 0 Å². The van der Waals surface area contributed by atoms with Gasteiger partial charge in [-0.15, -0.1) is 0 Å². The first-order valence-electron chi connectivity index (χ1n) is 8.73. The molecule has 0 aromatic heterocycles. The van der Waals surface area contributed by atoms with Crippen molar-refractivity contribution in [2.75, 3.05) is 26.2 Å². The number of halogens is 1. The largest absolute Gasteiger partial charge is 0.481 e. The standard InChI is InChI=1S/C18H22ClN3O4/c19-14-6-2-1-5-13(14)15(23)20-8-9-21-17(26)22-10-12-4-3-7-18(12,11-22)16(24)25/h1-2,5-6,12H,3-4,7-11H2,(H,20,23)(H,21,26)(H,24,25)/t12-,18+/m0/s1. The highest BCUT2D eigenvalue weighted by Gasteiger charge is 2.55. The van der Waals surface area contributed by atoms with Gasteiger partial charge in [-0.25, -0.2) is 4.79 Å². The Balaban J connectivity index is 1.45. The highest BCUT2D eigenvalue weighted by molar-refractivity contribution is 6.33. The van der Waals surface area contributed by atoms with E-state index in [0.717, 1.165) is 12.8 Å². The molecule has 3 N–H and O–H groups in total. The molecule has 0 spiro atoms. The Labute approximate surface area is 156 Å². The van der Waals surface area contributed by atoms with E-state index >= 15 is 0 Å². The monoisotopic (exact) mass is 379 g/mol. The van der Waals surface area contributed by atoms with Gasteiger partial charge in [-0.2, -0.15) is 0 Å². The molecule has 0 radical (unpaired) electrons. The predicted octanol–water partition coefficient (Wildman–Crippen LogP) is 1.97. The van der Waals surface area contributed by atoms with E-state index in [1.807, 2.05) is 0 Å². The Morgan fingerprint density at radius 2 is 1.96 bits per heavy atom. The van der Waals surface area contributed by atoms with E-state index in [-0.39, 0.29) is 37.5 Å². The second kappa shape index (κ2) is 7.53. The van der Waals surface area contributed by atoms with E-state index in [1.165, 1.54) is 0 Å². The van der Waals surface area contributed by atoms with Crippen LogP contribution in [0.5, 0.6) is 0 Å². The zero-order chi connectivity index (χ0) is 18.7. The van der Waals surface area contributed by atoms with Crippen LogP contribution in [0.15, 0.2) is 24.3 Å². The fourth-order valence-corrected chi connectivity index (χ4v) is 4.21. The van der Waals surface area contributed by atoms with Crippen LogP contribution in [0.1, 0.15) is 29.6 Å². The van der Waals surface area contributed by atoms with Crippen LogP contribution in [0.2, 0.25) is 5.02 Å². The number of benzene rings is 1. The summed E-state index contributed by atoms with van der Waals surface area (Å²) in [7, 11) is 0. The number of likely N-dealkylation sites (tertiary alicyclic amines) is 1. The molecule has 3 rings (SSSR count). The molecule has 1 aromatic carbocycles. The number of rotatable bonds is 5. The third kappa shape index (κ3) is 3.49. The number of aliphatic carboxylic acids is 1. The van der Waals surface area contributed by atoms with Crippen molar-refractivity contribution >= 4 is 29.5 Å². The first kappa shape index (κ1) is 18.5. The summed E-state index contributed by atoms with van der Waals surface area (Å²) in [6.45, 7) is 1.25. The minimum absolute atomic E-state index is 0.0330. The maximum Gasteiger partial charge on any atom is 0.317 e. The van der Waals surface area contributed by atoms with Gasteiger partial charge in [-0.3, -0.25) is 9.59 Å². The molecule has 1 aliphatic heterocycles. The van der Waals surface area contributed by atoms with Crippen LogP contribution in [-0.4, -0.2) is 54.1 Å². The van der Waals surface area contributed by atoms with E-state index in [4.69, 9.17) is 11.6 Å². The van der Waals surface area contributed by atoms with Gasteiger partial charge in [0.1, 0.15) is 0 Å². The fraction of sp³-hybridized carbons (Fsp3) is 0.500. The Kier molecular flexibility index (Phi) is 5.36. The lowest BCUT2D eigenvalue weighted by Crippen LogP contribution is -2.44. The fourth-order valence-electron chi connectivity index (χ4n) is 3.99. The van der Waals surface area contributed by atoms with Gasteiger partial charge in [-0.05, 0) is 30.9 Å².